The van der Waals surface area contributed by atoms with Crippen LogP contribution in [0.15, 0.2) is 18.2 Å². The predicted molar refractivity (Wildman–Crippen MR) is 60.3 cm³/mol. The maximum absolute atomic E-state index is 10.5. The summed E-state index contributed by atoms with van der Waals surface area (Å²) < 4.78 is 4.83. The Morgan fingerprint density at radius 1 is 1.53 bits per heavy atom. The van der Waals surface area contributed by atoms with Gasteiger partial charge in [0.25, 0.3) is 5.69 Å². The Hall–Kier alpha value is -1.66. The number of carboxylic acids is 1. The number of rotatable bonds is 6. The summed E-state index contributed by atoms with van der Waals surface area (Å²) in [6, 6.07) is 4.10. The van der Waals surface area contributed by atoms with Gasteiger partial charge in [0.2, 0.25) is 0 Å². The van der Waals surface area contributed by atoms with Gasteiger partial charge in [-0.05, 0) is 18.1 Å². The van der Waals surface area contributed by atoms with Gasteiger partial charge >= 0.3 is 5.97 Å². The number of aliphatic carboxylic acids is 1. The molecule has 6 nitrogen and oxygen atoms in total. The topological polar surface area (TPSA) is 89.7 Å². The first-order chi connectivity index (χ1) is 8.00. The maximum atomic E-state index is 10.5. The van der Waals surface area contributed by atoms with Gasteiger partial charge < -0.3 is 9.84 Å². The number of nitro groups is 1. The van der Waals surface area contributed by atoms with Gasteiger partial charge in [0.05, 0.1) is 11.5 Å². The van der Waals surface area contributed by atoms with Crippen LogP contribution in [-0.2, 0) is 16.0 Å². The lowest BCUT2D eigenvalue weighted by Gasteiger charge is -2.04. The highest BCUT2D eigenvalue weighted by molar-refractivity contribution is 6.31. The summed E-state index contributed by atoms with van der Waals surface area (Å²) in [4.78, 5) is 20.2. The number of nitrogens with zero attached hydrogens (tertiary/aromatic N) is 1. The van der Waals surface area contributed by atoms with Crippen LogP contribution in [0.5, 0.6) is 0 Å². The van der Waals surface area contributed by atoms with E-state index in [-0.39, 0.29) is 12.3 Å². The Morgan fingerprint density at radius 2 is 2.24 bits per heavy atom. The molecule has 0 atom stereocenters. The molecule has 17 heavy (non-hydrogen) atoms. The van der Waals surface area contributed by atoms with Gasteiger partial charge in [0, 0.05) is 17.2 Å². The number of hydrogen-bond acceptors (Lipinski definition) is 4. The smallest absolute Gasteiger partial charge is 0.329 e. The van der Waals surface area contributed by atoms with Crippen LogP contribution in [0.4, 0.5) is 5.69 Å². The highest BCUT2D eigenvalue weighted by Crippen LogP contribution is 2.22. The molecule has 0 aliphatic rings. The van der Waals surface area contributed by atoms with Gasteiger partial charge in [-0.3, -0.25) is 10.1 Å². The number of hydrogen-bond donors (Lipinski definition) is 1. The fourth-order valence-electron chi connectivity index (χ4n) is 1.21. The van der Waals surface area contributed by atoms with Crippen LogP contribution in [-0.4, -0.2) is 29.2 Å². The van der Waals surface area contributed by atoms with E-state index in [0.29, 0.717) is 17.0 Å². The van der Waals surface area contributed by atoms with Crippen molar-refractivity contribution in [3.8, 4) is 0 Å². The fraction of sp³-hybridized carbons (Fsp3) is 0.300. The van der Waals surface area contributed by atoms with Gasteiger partial charge in [-0.2, -0.15) is 0 Å². The minimum Gasteiger partial charge on any atom is -0.480 e. The number of benzene rings is 1. The molecular weight excluding hydrogens is 250 g/mol. The molecule has 0 fully saturated rings. The van der Waals surface area contributed by atoms with Gasteiger partial charge in [0.15, 0.2) is 0 Å². The number of carbonyl (C=O) groups is 1. The summed E-state index contributed by atoms with van der Waals surface area (Å²) >= 11 is 5.85. The first-order valence-corrected chi connectivity index (χ1v) is 5.11. The average molecular weight is 260 g/mol. The third kappa shape index (κ3) is 4.38. The van der Waals surface area contributed by atoms with Gasteiger partial charge in [-0.15, -0.1) is 0 Å². The van der Waals surface area contributed by atoms with Crippen molar-refractivity contribution < 1.29 is 19.6 Å². The van der Waals surface area contributed by atoms with Crippen molar-refractivity contribution in [2.24, 2.45) is 0 Å². The van der Waals surface area contributed by atoms with E-state index >= 15 is 0 Å². The molecule has 7 heteroatoms. The van der Waals surface area contributed by atoms with Crippen LogP contribution in [0, 0.1) is 10.1 Å². The Kier molecular flexibility index (Phi) is 4.86. The van der Waals surface area contributed by atoms with E-state index in [4.69, 9.17) is 21.4 Å². The van der Waals surface area contributed by atoms with Crippen molar-refractivity contribution in [3.63, 3.8) is 0 Å². The van der Waals surface area contributed by atoms with E-state index in [9.17, 15) is 14.9 Å². The minimum absolute atomic E-state index is 0.0531. The van der Waals surface area contributed by atoms with Crippen LogP contribution >= 0.6 is 11.6 Å². The van der Waals surface area contributed by atoms with E-state index in [1.807, 2.05) is 0 Å². The molecule has 1 aromatic carbocycles. The quantitative estimate of drug-likeness (QED) is 0.479. The number of halogens is 1. The Balaban J connectivity index is 2.60. The SMILES string of the molecule is O=C(O)COCCc1cc([N+](=O)[O-])ccc1Cl. The second kappa shape index (κ2) is 6.17. The number of nitro benzene ring substituents is 1. The molecule has 0 spiro atoms. The average Bonchev–Trinajstić information content (AvgIpc) is 2.25. The van der Waals surface area contributed by atoms with E-state index in [1.165, 1.54) is 18.2 Å². The van der Waals surface area contributed by atoms with Gasteiger partial charge in [0.1, 0.15) is 6.61 Å². The molecule has 0 aliphatic carbocycles. The zero-order valence-electron chi connectivity index (χ0n) is 8.76. The predicted octanol–water partition coefficient (Wildman–Crippen LogP) is 1.89. The highest BCUT2D eigenvalue weighted by Gasteiger charge is 2.09. The van der Waals surface area contributed by atoms with Crippen LogP contribution in [0.2, 0.25) is 5.02 Å². The standard InChI is InChI=1S/C10H10ClNO5/c11-9-2-1-8(12(15)16)5-7(9)3-4-17-6-10(13)14/h1-2,5H,3-4,6H2,(H,13,14). The Morgan fingerprint density at radius 3 is 2.82 bits per heavy atom. The van der Waals surface area contributed by atoms with Gasteiger partial charge in [-0.25, -0.2) is 4.79 Å². The summed E-state index contributed by atoms with van der Waals surface area (Å²) in [5.74, 6) is -1.06. The third-order valence-corrected chi connectivity index (χ3v) is 2.35. The van der Waals surface area contributed by atoms with Crippen LogP contribution < -0.4 is 0 Å². The summed E-state index contributed by atoms with van der Waals surface area (Å²) in [6.45, 7) is -0.250. The van der Waals surface area contributed by atoms with Crippen molar-refractivity contribution in [1.82, 2.24) is 0 Å². The molecule has 92 valence electrons. The number of non-ortho nitro benzene ring substituents is 1. The second-order valence-electron chi connectivity index (χ2n) is 3.23. The molecule has 0 aromatic heterocycles. The molecule has 1 N–H and O–H groups in total. The molecule has 0 saturated carbocycles. The zero-order chi connectivity index (χ0) is 12.8. The van der Waals surface area contributed by atoms with Crippen molar-refractivity contribution in [2.45, 2.75) is 6.42 Å². The first-order valence-electron chi connectivity index (χ1n) is 4.73. The summed E-state index contributed by atoms with van der Waals surface area (Å²) in [5, 5.41) is 19.3. The van der Waals surface area contributed by atoms with Crippen molar-refractivity contribution in [2.75, 3.05) is 13.2 Å². The summed E-state index contributed by atoms with van der Waals surface area (Å²) in [6.07, 6.45) is 0.327. The summed E-state index contributed by atoms with van der Waals surface area (Å²) in [5.41, 5.74) is 0.508. The number of ether oxygens (including phenoxy) is 1. The molecule has 0 saturated heterocycles. The lowest BCUT2D eigenvalue weighted by molar-refractivity contribution is -0.384. The summed E-state index contributed by atoms with van der Waals surface area (Å²) in [7, 11) is 0. The van der Waals surface area contributed by atoms with E-state index in [0.717, 1.165) is 0 Å². The molecule has 0 unspecified atom stereocenters. The zero-order valence-corrected chi connectivity index (χ0v) is 9.51. The first kappa shape index (κ1) is 13.4. The normalized spacial score (nSPS) is 10.2. The monoisotopic (exact) mass is 259 g/mol. The van der Waals surface area contributed by atoms with E-state index in [1.54, 1.807) is 0 Å². The number of carboxylic acid groups (broad SMARTS) is 1. The fourth-order valence-corrected chi connectivity index (χ4v) is 1.42. The lowest BCUT2D eigenvalue weighted by Crippen LogP contribution is -2.09. The lowest BCUT2D eigenvalue weighted by atomic mass is 10.1. The molecule has 0 amide bonds. The maximum Gasteiger partial charge on any atom is 0.329 e. The van der Waals surface area contributed by atoms with Crippen LogP contribution in [0.25, 0.3) is 0 Å². The molecule has 0 bridgehead atoms. The van der Waals surface area contributed by atoms with Crippen LogP contribution in [0.3, 0.4) is 0 Å². The van der Waals surface area contributed by atoms with Crippen LogP contribution in [0.1, 0.15) is 5.56 Å². The minimum atomic E-state index is -1.06. The highest BCUT2D eigenvalue weighted by atomic mass is 35.5. The largest absolute Gasteiger partial charge is 0.480 e. The molecule has 1 aromatic rings. The van der Waals surface area contributed by atoms with E-state index in [2.05, 4.69) is 0 Å². The molecule has 0 radical (unpaired) electrons. The Labute approximate surface area is 102 Å². The molecule has 0 aliphatic heterocycles. The molecule has 0 heterocycles. The Bertz CT molecular complexity index is 435. The van der Waals surface area contributed by atoms with Gasteiger partial charge in [-0.1, -0.05) is 11.6 Å². The van der Waals surface area contributed by atoms with Crippen molar-refractivity contribution >= 4 is 23.3 Å². The second-order valence-corrected chi connectivity index (χ2v) is 3.64. The third-order valence-electron chi connectivity index (χ3n) is 1.98. The van der Waals surface area contributed by atoms with Crippen molar-refractivity contribution in [3.05, 3.63) is 38.9 Å². The van der Waals surface area contributed by atoms with Crippen molar-refractivity contribution in [1.29, 1.82) is 0 Å². The molecule has 1 rings (SSSR count). The molecular formula is C10H10ClNO5. The van der Waals surface area contributed by atoms with E-state index < -0.39 is 17.5 Å².